The zero-order valence-corrected chi connectivity index (χ0v) is 17.7. The topological polar surface area (TPSA) is 50.6 Å². The van der Waals surface area contributed by atoms with Crippen LogP contribution in [0.1, 0.15) is 30.8 Å². The smallest absolute Gasteiger partial charge is 0.227 e. The van der Waals surface area contributed by atoms with E-state index in [0.29, 0.717) is 12.3 Å². The van der Waals surface area contributed by atoms with Crippen LogP contribution >= 0.6 is 0 Å². The van der Waals surface area contributed by atoms with Crippen molar-refractivity contribution in [1.82, 2.24) is 14.7 Å². The number of hydrogen-bond acceptors (Lipinski definition) is 4. The third-order valence-corrected chi connectivity index (χ3v) is 5.46. The van der Waals surface area contributed by atoms with Gasteiger partial charge in [0.1, 0.15) is 5.75 Å². The van der Waals surface area contributed by atoms with E-state index < -0.39 is 0 Å². The van der Waals surface area contributed by atoms with Gasteiger partial charge in [-0.3, -0.25) is 9.48 Å². The van der Waals surface area contributed by atoms with Crippen LogP contribution in [0.25, 0.3) is 0 Å². The summed E-state index contributed by atoms with van der Waals surface area (Å²) < 4.78 is 7.52. The maximum atomic E-state index is 12.9. The van der Waals surface area contributed by atoms with Gasteiger partial charge in [-0.05, 0) is 31.9 Å². The maximum absolute atomic E-state index is 12.9. The van der Waals surface area contributed by atoms with Crippen molar-refractivity contribution < 1.29 is 9.53 Å². The van der Waals surface area contributed by atoms with Gasteiger partial charge in [-0.1, -0.05) is 26.0 Å². The molecule has 152 valence electrons. The summed E-state index contributed by atoms with van der Waals surface area (Å²) in [7, 11) is 1.70. The number of piperazine rings is 1. The number of rotatable bonds is 6. The third kappa shape index (κ3) is 4.32. The molecule has 0 unspecified atom stereocenters. The van der Waals surface area contributed by atoms with Crippen molar-refractivity contribution in [2.75, 3.05) is 38.2 Å². The van der Waals surface area contributed by atoms with Gasteiger partial charge >= 0.3 is 0 Å². The van der Waals surface area contributed by atoms with Gasteiger partial charge in [-0.25, -0.2) is 0 Å². The van der Waals surface area contributed by atoms with Crippen LogP contribution in [-0.4, -0.2) is 53.9 Å². The lowest BCUT2D eigenvalue weighted by Gasteiger charge is -2.36. The summed E-state index contributed by atoms with van der Waals surface area (Å²) in [6.07, 6.45) is 0.435. The summed E-state index contributed by atoms with van der Waals surface area (Å²) in [5.41, 5.74) is 4.27. The SMILES string of the molecule is COc1ccccc1N1CCN(C(=O)Cc2c(C)nn(CC(C)C)c2C)CC1. The fraction of sp³-hybridized carbons (Fsp3) is 0.545. The van der Waals surface area contributed by atoms with Crippen molar-refractivity contribution in [3.63, 3.8) is 0 Å². The summed E-state index contributed by atoms with van der Waals surface area (Å²) in [4.78, 5) is 17.2. The van der Waals surface area contributed by atoms with E-state index in [1.54, 1.807) is 7.11 Å². The van der Waals surface area contributed by atoms with Crippen molar-refractivity contribution in [2.24, 2.45) is 5.92 Å². The Labute approximate surface area is 168 Å². The minimum Gasteiger partial charge on any atom is -0.495 e. The molecule has 0 bridgehead atoms. The highest BCUT2D eigenvalue weighted by Gasteiger charge is 2.24. The number of ether oxygens (including phenoxy) is 1. The summed E-state index contributed by atoms with van der Waals surface area (Å²) >= 11 is 0. The number of aryl methyl sites for hydroxylation is 1. The van der Waals surface area contributed by atoms with Gasteiger partial charge in [0, 0.05) is 44.0 Å². The molecule has 1 aliphatic rings. The largest absolute Gasteiger partial charge is 0.495 e. The highest BCUT2D eigenvalue weighted by Crippen LogP contribution is 2.28. The van der Waals surface area contributed by atoms with Crippen molar-refractivity contribution in [1.29, 1.82) is 0 Å². The Morgan fingerprint density at radius 2 is 1.82 bits per heavy atom. The number of aromatic nitrogens is 2. The monoisotopic (exact) mass is 384 g/mol. The first kappa shape index (κ1) is 20.2. The zero-order valence-electron chi connectivity index (χ0n) is 17.7. The average molecular weight is 385 g/mol. The Balaban J connectivity index is 1.62. The van der Waals surface area contributed by atoms with Crippen LogP contribution in [0.4, 0.5) is 5.69 Å². The second-order valence-electron chi connectivity index (χ2n) is 7.94. The number of para-hydroxylation sites is 2. The summed E-state index contributed by atoms with van der Waals surface area (Å²) in [5, 5.41) is 4.64. The van der Waals surface area contributed by atoms with Gasteiger partial charge in [0.05, 0.1) is 24.9 Å². The quantitative estimate of drug-likeness (QED) is 0.768. The van der Waals surface area contributed by atoms with Gasteiger partial charge in [-0.2, -0.15) is 5.10 Å². The molecule has 2 aromatic rings. The first-order valence-electron chi connectivity index (χ1n) is 10.1. The van der Waals surface area contributed by atoms with Crippen LogP contribution < -0.4 is 9.64 Å². The van der Waals surface area contributed by atoms with E-state index in [1.807, 2.05) is 34.7 Å². The second kappa shape index (κ2) is 8.67. The van der Waals surface area contributed by atoms with Crippen molar-refractivity contribution in [3.8, 4) is 5.75 Å². The normalized spacial score (nSPS) is 14.6. The number of methoxy groups -OCH3 is 1. The van der Waals surface area contributed by atoms with Crippen LogP contribution in [0.2, 0.25) is 0 Å². The molecule has 0 spiro atoms. The Hall–Kier alpha value is -2.50. The predicted octanol–water partition coefficient (Wildman–Crippen LogP) is 3.06. The predicted molar refractivity (Wildman–Crippen MR) is 112 cm³/mol. The molecule has 0 radical (unpaired) electrons. The minimum atomic E-state index is 0.190. The summed E-state index contributed by atoms with van der Waals surface area (Å²) in [6.45, 7) is 12.4. The zero-order chi connectivity index (χ0) is 20.3. The molecule has 2 heterocycles. The van der Waals surface area contributed by atoms with E-state index >= 15 is 0 Å². The molecular weight excluding hydrogens is 352 g/mol. The fourth-order valence-electron chi connectivity index (χ4n) is 3.86. The van der Waals surface area contributed by atoms with Gasteiger partial charge in [0.15, 0.2) is 0 Å². The molecule has 3 rings (SSSR count). The van der Waals surface area contributed by atoms with Crippen LogP contribution in [0.5, 0.6) is 5.75 Å². The van der Waals surface area contributed by atoms with Crippen LogP contribution in [0.15, 0.2) is 24.3 Å². The van der Waals surface area contributed by atoms with Gasteiger partial charge in [0.2, 0.25) is 5.91 Å². The highest BCUT2D eigenvalue weighted by molar-refractivity contribution is 5.79. The van der Waals surface area contributed by atoms with E-state index in [2.05, 4.69) is 36.8 Å². The van der Waals surface area contributed by atoms with Crippen LogP contribution in [0.3, 0.4) is 0 Å². The Morgan fingerprint density at radius 1 is 1.14 bits per heavy atom. The molecular formula is C22H32N4O2. The van der Waals surface area contributed by atoms with Crippen molar-refractivity contribution in [2.45, 2.75) is 40.7 Å². The number of carbonyl (C=O) groups is 1. The fourth-order valence-corrected chi connectivity index (χ4v) is 3.86. The maximum Gasteiger partial charge on any atom is 0.227 e. The third-order valence-electron chi connectivity index (χ3n) is 5.46. The highest BCUT2D eigenvalue weighted by atomic mass is 16.5. The molecule has 1 fully saturated rings. The number of hydrogen-bond donors (Lipinski definition) is 0. The second-order valence-corrected chi connectivity index (χ2v) is 7.94. The van der Waals surface area contributed by atoms with E-state index in [1.165, 1.54) is 0 Å². The van der Waals surface area contributed by atoms with Gasteiger partial charge < -0.3 is 14.5 Å². The lowest BCUT2D eigenvalue weighted by atomic mass is 10.1. The Morgan fingerprint density at radius 3 is 2.46 bits per heavy atom. The molecule has 28 heavy (non-hydrogen) atoms. The number of benzene rings is 1. The number of amides is 1. The number of anilines is 1. The molecule has 0 atom stereocenters. The van der Waals surface area contributed by atoms with Crippen LogP contribution in [0, 0.1) is 19.8 Å². The summed E-state index contributed by atoms with van der Waals surface area (Å²) in [5.74, 6) is 1.60. The summed E-state index contributed by atoms with van der Waals surface area (Å²) in [6, 6.07) is 8.06. The Kier molecular flexibility index (Phi) is 6.27. The Bertz CT molecular complexity index is 820. The number of nitrogens with zero attached hydrogens (tertiary/aromatic N) is 4. The first-order chi connectivity index (χ1) is 13.4. The van der Waals surface area contributed by atoms with Gasteiger partial charge in [-0.15, -0.1) is 0 Å². The molecule has 6 nitrogen and oxygen atoms in total. The van der Waals surface area contributed by atoms with Crippen molar-refractivity contribution in [3.05, 3.63) is 41.2 Å². The molecule has 1 amide bonds. The van der Waals surface area contributed by atoms with Gasteiger partial charge in [0.25, 0.3) is 0 Å². The molecule has 0 N–H and O–H groups in total. The molecule has 1 aromatic heterocycles. The lowest BCUT2D eigenvalue weighted by Crippen LogP contribution is -2.49. The van der Waals surface area contributed by atoms with E-state index in [4.69, 9.17) is 4.74 Å². The molecule has 1 aromatic carbocycles. The lowest BCUT2D eigenvalue weighted by molar-refractivity contribution is -0.130. The first-order valence-corrected chi connectivity index (χ1v) is 10.1. The molecule has 1 aliphatic heterocycles. The molecule has 0 saturated carbocycles. The van der Waals surface area contributed by atoms with E-state index in [9.17, 15) is 4.79 Å². The minimum absolute atomic E-state index is 0.190. The molecule has 1 saturated heterocycles. The molecule has 0 aliphatic carbocycles. The van der Waals surface area contributed by atoms with E-state index in [0.717, 1.165) is 61.1 Å². The van der Waals surface area contributed by atoms with Crippen molar-refractivity contribution >= 4 is 11.6 Å². The molecule has 6 heteroatoms. The standard InChI is InChI=1S/C22H32N4O2/c1-16(2)15-26-18(4)19(17(3)23-26)14-22(27)25-12-10-24(11-13-25)20-8-6-7-9-21(20)28-5/h6-9,16H,10-15H2,1-5H3. The average Bonchev–Trinajstić information content (AvgIpc) is 2.94. The number of carbonyl (C=O) groups excluding carboxylic acids is 1. The van der Waals surface area contributed by atoms with Crippen LogP contribution in [-0.2, 0) is 17.8 Å². The van der Waals surface area contributed by atoms with E-state index in [-0.39, 0.29) is 5.91 Å².